The summed E-state index contributed by atoms with van der Waals surface area (Å²) in [6, 6.07) is 9.62. The smallest absolute Gasteiger partial charge is 0.258 e. The molecule has 0 fully saturated rings. The summed E-state index contributed by atoms with van der Waals surface area (Å²) < 4.78 is 12.6. The molecule has 0 aliphatic heterocycles. The van der Waals surface area contributed by atoms with Crippen molar-refractivity contribution in [3.05, 3.63) is 69.1 Å². The summed E-state index contributed by atoms with van der Waals surface area (Å²) in [5.74, 6) is 0.766. The molecule has 1 aliphatic rings. The van der Waals surface area contributed by atoms with Crippen molar-refractivity contribution in [1.82, 2.24) is 9.88 Å². The molecule has 1 unspecified atom stereocenters. The van der Waals surface area contributed by atoms with Crippen LogP contribution in [0.2, 0.25) is 0 Å². The van der Waals surface area contributed by atoms with Gasteiger partial charge < -0.3 is 19.4 Å². The van der Waals surface area contributed by atoms with Crippen molar-refractivity contribution in [2.45, 2.75) is 58.5 Å². The minimum absolute atomic E-state index is 0.0106. The molecule has 4 rings (SSSR count). The number of methoxy groups -OCH3 is 2. The number of carbonyl (C=O) groups is 1. The summed E-state index contributed by atoms with van der Waals surface area (Å²) in [6.07, 6.45) is 5.13. The number of benzene rings is 2. The predicted molar refractivity (Wildman–Crippen MR) is 131 cm³/mol. The van der Waals surface area contributed by atoms with Gasteiger partial charge in [0, 0.05) is 17.6 Å². The highest BCUT2D eigenvalue weighted by Gasteiger charge is 2.27. The fourth-order valence-electron chi connectivity index (χ4n) is 5.04. The lowest BCUT2D eigenvalue weighted by molar-refractivity contribution is 0.0937. The Kier molecular flexibility index (Phi) is 6.45. The van der Waals surface area contributed by atoms with Gasteiger partial charge in [0.2, 0.25) is 0 Å². The molecule has 1 N–H and O–H groups in total. The second-order valence-corrected chi connectivity index (χ2v) is 8.69. The average Bonchev–Trinajstić information content (AvgIpc) is 3.24. The number of aromatic nitrogens is 1. The van der Waals surface area contributed by atoms with Gasteiger partial charge >= 0.3 is 0 Å². The number of aryl methyl sites for hydroxylation is 1. The van der Waals surface area contributed by atoms with Crippen LogP contribution in [0.15, 0.2) is 41.3 Å². The van der Waals surface area contributed by atoms with Gasteiger partial charge in [0.05, 0.1) is 31.2 Å². The third kappa shape index (κ3) is 3.99. The quantitative estimate of drug-likeness (QED) is 0.546. The van der Waals surface area contributed by atoms with Gasteiger partial charge in [-0.05, 0) is 61.4 Å². The molecule has 2 aromatic carbocycles. The summed E-state index contributed by atoms with van der Waals surface area (Å²) in [6.45, 7) is 6.22. The Morgan fingerprint density at radius 2 is 1.79 bits per heavy atom. The van der Waals surface area contributed by atoms with Crippen LogP contribution in [0, 0.1) is 6.92 Å². The number of amides is 1. The van der Waals surface area contributed by atoms with Gasteiger partial charge in [-0.1, -0.05) is 32.0 Å². The summed E-state index contributed by atoms with van der Waals surface area (Å²) in [7, 11) is 3.09. The minimum Gasteiger partial charge on any atom is -0.493 e. The highest BCUT2D eigenvalue weighted by molar-refractivity contribution is 6.07. The number of hydrogen-bond donors (Lipinski definition) is 1. The van der Waals surface area contributed by atoms with Gasteiger partial charge in [0.1, 0.15) is 0 Å². The van der Waals surface area contributed by atoms with Crippen molar-refractivity contribution in [2.75, 3.05) is 14.2 Å². The number of rotatable bonds is 7. The van der Waals surface area contributed by atoms with Crippen molar-refractivity contribution < 1.29 is 14.3 Å². The van der Waals surface area contributed by atoms with E-state index in [1.165, 1.54) is 16.7 Å². The van der Waals surface area contributed by atoms with Gasteiger partial charge in [-0.3, -0.25) is 9.59 Å². The molecule has 1 atom stereocenters. The Balaban J connectivity index is 1.85. The second kappa shape index (κ2) is 9.30. The van der Waals surface area contributed by atoms with E-state index < -0.39 is 0 Å². The maximum atomic E-state index is 13.6. The molecule has 1 aromatic heterocycles. The highest BCUT2D eigenvalue weighted by atomic mass is 16.5. The topological polar surface area (TPSA) is 69.6 Å². The monoisotopic (exact) mass is 448 g/mol. The molecule has 0 saturated heterocycles. The number of hydrogen-bond acceptors (Lipinski definition) is 4. The van der Waals surface area contributed by atoms with Gasteiger partial charge in [0.25, 0.3) is 11.5 Å². The first-order valence-corrected chi connectivity index (χ1v) is 11.6. The first kappa shape index (κ1) is 22.9. The molecule has 0 bridgehead atoms. The van der Waals surface area contributed by atoms with Gasteiger partial charge in [0.15, 0.2) is 11.5 Å². The van der Waals surface area contributed by atoms with E-state index in [9.17, 15) is 9.59 Å². The highest BCUT2D eigenvalue weighted by Crippen LogP contribution is 2.35. The van der Waals surface area contributed by atoms with E-state index in [2.05, 4.69) is 38.2 Å². The van der Waals surface area contributed by atoms with Crippen molar-refractivity contribution >= 4 is 16.7 Å². The van der Waals surface area contributed by atoms with E-state index in [-0.39, 0.29) is 23.6 Å². The Hall–Kier alpha value is -3.28. The minimum atomic E-state index is -0.189. The Morgan fingerprint density at radius 1 is 1.12 bits per heavy atom. The zero-order chi connectivity index (χ0) is 23.7. The number of nitrogens with zero attached hydrogens (tertiary/aromatic N) is 1. The van der Waals surface area contributed by atoms with Crippen molar-refractivity contribution in [3.8, 4) is 11.5 Å². The first-order chi connectivity index (χ1) is 15.9. The number of fused-ring (bicyclic) bond motifs is 2. The lowest BCUT2D eigenvalue weighted by Crippen LogP contribution is -2.31. The van der Waals surface area contributed by atoms with Gasteiger partial charge in [-0.15, -0.1) is 0 Å². The third-order valence-electron chi connectivity index (χ3n) is 6.94. The maximum Gasteiger partial charge on any atom is 0.258 e. The van der Waals surface area contributed by atoms with Crippen LogP contribution in [0.4, 0.5) is 0 Å². The molecular formula is C27H32N2O4. The van der Waals surface area contributed by atoms with Crippen LogP contribution in [0.1, 0.15) is 72.2 Å². The van der Waals surface area contributed by atoms with Crippen LogP contribution in [0.25, 0.3) is 10.8 Å². The molecule has 1 amide bonds. The molecule has 1 heterocycles. The fourth-order valence-corrected chi connectivity index (χ4v) is 5.04. The van der Waals surface area contributed by atoms with Crippen molar-refractivity contribution in [1.29, 1.82) is 0 Å². The lowest BCUT2D eigenvalue weighted by Gasteiger charge is -2.21. The van der Waals surface area contributed by atoms with E-state index in [0.29, 0.717) is 27.8 Å². The van der Waals surface area contributed by atoms with Crippen LogP contribution in [-0.4, -0.2) is 24.7 Å². The average molecular weight is 449 g/mol. The number of nitrogens with one attached hydrogen (secondary N) is 1. The summed E-state index contributed by atoms with van der Waals surface area (Å²) in [5, 5.41) is 4.25. The summed E-state index contributed by atoms with van der Waals surface area (Å²) in [4.78, 5) is 27.0. The third-order valence-corrected chi connectivity index (χ3v) is 6.94. The predicted octanol–water partition coefficient (Wildman–Crippen LogP) is 5.11. The zero-order valence-corrected chi connectivity index (χ0v) is 20.0. The Labute approximate surface area is 194 Å². The van der Waals surface area contributed by atoms with Crippen LogP contribution in [0.3, 0.4) is 0 Å². The normalized spacial score (nSPS) is 15.0. The maximum absolute atomic E-state index is 13.6. The molecule has 174 valence electrons. The molecule has 6 nitrogen and oxygen atoms in total. The van der Waals surface area contributed by atoms with Crippen LogP contribution in [-0.2, 0) is 6.42 Å². The van der Waals surface area contributed by atoms with Crippen LogP contribution in [0.5, 0.6) is 11.5 Å². The number of carbonyl (C=O) groups excluding carboxylic acids is 1. The largest absolute Gasteiger partial charge is 0.493 e. The molecule has 3 aromatic rings. The van der Waals surface area contributed by atoms with E-state index in [1.807, 2.05) is 6.07 Å². The summed E-state index contributed by atoms with van der Waals surface area (Å²) >= 11 is 0. The SMILES string of the molecule is CCC(CC)n1cc(C(=O)NC2CCc3c(C)cccc32)c2cc(OC)c(OC)cc2c1=O. The molecule has 0 radical (unpaired) electrons. The van der Waals surface area contributed by atoms with Crippen molar-refractivity contribution in [3.63, 3.8) is 0 Å². The van der Waals surface area contributed by atoms with Gasteiger partial charge in [-0.2, -0.15) is 0 Å². The van der Waals surface area contributed by atoms with Crippen LogP contribution < -0.4 is 20.3 Å². The molecule has 33 heavy (non-hydrogen) atoms. The van der Waals surface area contributed by atoms with E-state index in [4.69, 9.17) is 9.47 Å². The van der Waals surface area contributed by atoms with Crippen LogP contribution >= 0.6 is 0 Å². The Bertz CT molecular complexity index is 1260. The molecule has 0 saturated carbocycles. The molecule has 1 aliphatic carbocycles. The van der Waals surface area contributed by atoms with Crippen molar-refractivity contribution in [2.24, 2.45) is 0 Å². The van der Waals surface area contributed by atoms with E-state index in [1.54, 1.807) is 37.1 Å². The lowest BCUT2D eigenvalue weighted by atomic mass is 10.0. The fraction of sp³-hybridized carbons (Fsp3) is 0.407. The summed E-state index contributed by atoms with van der Waals surface area (Å²) in [5.41, 5.74) is 4.10. The number of ether oxygens (including phenoxy) is 2. The second-order valence-electron chi connectivity index (χ2n) is 8.69. The zero-order valence-electron chi connectivity index (χ0n) is 20.0. The molecular weight excluding hydrogens is 416 g/mol. The van der Waals surface area contributed by atoms with Gasteiger partial charge in [-0.25, -0.2) is 0 Å². The Morgan fingerprint density at radius 3 is 2.42 bits per heavy atom. The number of pyridine rings is 1. The molecule has 0 spiro atoms. The molecule has 6 heteroatoms. The van der Waals surface area contributed by atoms with E-state index >= 15 is 0 Å². The van der Waals surface area contributed by atoms with E-state index in [0.717, 1.165) is 25.7 Å². The standard InChI is InChI=1S/C27H32N2O4/c1-6-17(7-2)29-15-22(20-13-24(32-4)25(33-5)14-21(20)27(29)31)26(30)28-23-12-11-18-16(3)9-8-10-19(18)23/h8-10,13-15,17,23H,6-7,11-12H2,1-5H3,(H,28,30). The first-order valence-electron chi connectivity index (χ1n) is 11.6.